The van der Waals surface area contributed by atoms with E-state index < -0.39 is 0 Å². The molecule has 1 fully saturated rings. The molecule has 1 unspecified atom stereocenters. The van der Waals surface area contributed by atoms with E-state index in [4.69, 9.17) is 0 Å². The van der Waals surface area contributed by atoms with Crippen LogP contribution in [0.1, 0.15) is 18.4 Å². The number of nitrogens with one attached hydrogen (secondary N) is 1. The predicted molar refractivity (Wildman–Crippen MR) is 81.3 cm³/mol. The van der Waals surface area contributed by atoms with Crippen LogP contribution in [0.4, 0.5) is 0 Å². The number of rotatable bonds is 3. The molecular weight excluding hydrogens is 336 g/mol. The maximum atomic E-state index is 12.2. The van der Waals surface area contributed by atoms with Gasteiger partial charge in [-0.25, -0.2) is 0 Å². The number of thiophene rings is 1. The smallest absolute Gasteiger partial charge is 0.227 e. The second-order valence-corrected chi connectivity index (χ2v) is 6.79. The molecule has 0 radical (unpaired) electrons. The first kappa shape index (κ1) is 16.0. The van der Waals surface area contributed by atoms with E-state index in [1.54, 1.807) is 11.3 Å². The van der Waals surface area contributed by atoms with Gasteiger partial charge in [-0.1, -0.05) is 0 Å². The van der Waals surface area contributed by atoms with Crippen molar-refractivity contribution >= 4 is 45.6 Å². The summed E-state index contributed by atoms with van der Waals surface area (Å²) in [5.74, 6) is 0.426. The highest BCUT2D eigenvalue weighted by molar-refractivity contribution is 9.11. The third kappa shape index (κ3) is 4.23. The van der Waals surface area contributed by atoms with Crippen molar-refractivity contribution in [1.82, 2.24) is 10.2 Å². The second kappa shape index (κ2) is 7.48. The molecule has 1 aliphatic heterocycles. The highest BCUT2D eigenvalue weighted by Gasteiger charge is 2.23. The fourth-order valence-electron chi connectivity index (χ4n) is 2.15. The third-order valence-electron chi connectivity index (χ3n) is 3.06. The largest absolute Gasteiger partial charge is 0.341 e. The minimum absolute atomic E-state index is 0. The SMILES string of the molecule is CN(Cc1csc(Br)c1)C(=O)C1CCCNC1.Cl. The molecule has 0 aliphatic carbocycles. The van der Waals surface area contributed by atoms with Crippen LogP contribution in [0, 0.1) is 5.92 Å². The number of halogens is 2. The molecule has 0 spiro atoms. The van der Waals surface area contributed by atoms with E-state index >= 15 is 0 Å². The monoisotopic (exact) mass is 352 g/mol. The highest BCUT2D eigenvalue weighted by Crippen LogP contribution is 2.22. The Morgan fingerprint density at radius 1 is 1.67 bits per heavy atom. The van der Waals surface area contributed by atoms with Crippen LogP contribution >= 0.6 is 39.7 Å². The van der Waals surface area contributed by atoms with Gasteiger partial charge in [-0.2, -0.15) is 0 Å². The summed E-state index contributed by atoms with van der Waals surface area (Å²) in [4.78, 5) is 14.0. The Morgan fingerprint density at radius 2 is 2.44 bits per heavy atom. The fraction of sp³-hybridized carbons (Fsp3) is 0.583. The predicted octanol–water partition coefficient (Wildman–Crippen LogP) is 2.89. The molecule has 1 N–H and O–H groups in total. The Balaban J connectivity index is 0.00000162. The van der Waals surface area contributed by atoms with Crippen LogP contribution in [0.15, 0.2) is 15.2 Å². The van der Waals surface area contributed by atoms with Crippen molar-refractivity contribution in [2.45, 2.75) is 19.4 Å². The summed E-state index contributed by atoms with van der Waals surface area (Å²) in [6.07, 6.45) is 2.12. The summed E-state index contributed by atoms with van der Waals surface area (Å²) in [5, 5.41) is 5.38. The minimum atomic E-state index is 0. The number of piperidine rings is 1. The molecule has 1 saturated heterocycles. The van der Waals surface area contributed by atoms with Crippen LogP contribution in [0.5, 0.6) is 0 Å². The van der Waals surface area contributed by atoms with E-state index in [2.05, 4.69) is 32.7 Å². The van der Waals surface area contributed by atoms with Gasteiger partial charge in [-0.05, 0) is 52.3 Å². The lowest BCUT2D eigenvalue weighted by Crippen LogP contribution is -2.41. The number of hydrogen-bond donors (Lipinski definition) is 1. The average molecular weight is 354 g/mol. The second-order valence-electron chi connectivity index (χ2n) is 4.50. The summed E-state index contributed by atoms with van der Waals surface area (Å²) < 4.78 is 1.12. The van der Waals surface area contributed by atoms with Gasteiger partial charge in [0.15, 0.2) is 0 Å². The Hall–Kier alpha value is -0.100. The zero-order valence-corrected chi connectivity index (χ0v) is 13.5. The van der Waals surface area contributed by atoms with E-state index in [-0.39, 0.29) is 24.2 Å². The van der Waals surface area contributed by atoms with Gasteiger partial charge in [0.1, 0.15) is 0 Å². The maximum absolute atomic E-state index is 12.2. The van der Waals surface area contributed by atoms with Crippen molar-refractivity contribution in [2.75, 3.05) is 20.1 Å². The van der Waals surface area contributed by atoms with Crippen molar-refractivity contribution in [3.05, 3.63) is 20.8 Å². The van der Waals surface area contributed by atoms with E-state index in [9.17, 15) is 4.79 Å². The Labute approximate surface area is 126 Å². The molecule has 1 aliphatic rings. The molecule has 1 aromatic heterocycles. The summed E-state index contributed by atoms with van der Waals surface area (Å²) in [7, 11) is 1.89. The van der Waals surface area contributed by atoms with Gasteiger partial charge in [0.2, 0.25) is 5.91 Å². The van der Waals surface area contributed by atoms with Crippen LogP contribution in [-0.2, 0) is 11.3 Å². The zero-order valence-electron chi connectivity index (χ0n) is 10.3. The molecule has 1 atom stereocenters. The van der Waals surface area contributed by atoms with Gasteiger partial charge in [0.05, 0.1) is 9.70 Å². The Kier molecular flexibility index (Phi) is 6.63. The zero-order chi connectivity index (χ0) is 12.3. The molecule has 3 nitrogen and oxygen atoms in total. The van der Waals surface area contributed by atoms with E-state index in [1.807, 2.05) is 11.9 Å². The molecule has 0 aromatic carbocycles. The van der Waals surface area contributed by atoms with E-state index in [0.717, 1.165) is 29.7 Å². The molecule has 18 heavy (non-hydrogen) atoms. The first-order valence-electron chi connectivity index (χ1n) is 5.85. The lowest BCUT2D eigenvalue weighted by atomic mass is 9.98. The van der Waals surface area contributed by atoms with Crippen LogP contribution in [0.3, 0.4) is 0 Å². The molecule has 1 amide bonds. The highest BCUT2D eigenvalue weighted by atomic mass is 79.9. The van der Waals surface area contributed by atoms with Crippen molar-refractivity contribution in [3.63, 3.8) is 0 Å². The molecular formula is C12H18BrClN2OS. The first-order chi connectivity index (χ1) is 8.16. The minimum Gasteiger partial charge on any atom is -0.341 e. The lowest BCUT2D eigenvalue weighted by Gasteiger charge is -2.26. The summed E-state index contributed by atoms with van der Waals surface area (Å²) in [6.45, 7) is 2.58. The molecule has 102 valence electrons. The van der Waals surface area contributed by atoms with Gasteiger partial charge in [-0.15, -0.1) is 23.7 Å². The Morgan fingerprint density at radius 3 is 3.00 bits per heavy atom. The number of amides is 1. The third-order valence-corrected chi connectivity index (χ3v) is 4.62. The Bertz CT molecular complexity index is 393. The van der Waals surface area contributed by atoms with Crippen LogP contribution in [-0.4, -0.2) is 30.9 Å². The number of nitrogens with zero attached hydrogens (tertiary/aromatic N) is 1. The number of hydrogen-bond acceptors (Lipinski definition) is 3. The first-order valence-corrected chi connectivity index (χ1v) is 7.52. The van der Waals surface area contributed by atoms with Gasteiger partial charge >= 0.3 is 0 Å². The lowest BCUT2D eigenvalue weighted by molar-refractivity contribution is -0.135. The molecule has 0 bridgehead atoms. The van der Waals surface area contributed by atoms with Crippen LogP contribution in [0.25, 0.3) is 0 Å². The van der Waals surface area contributed by atoms with Crippen molar-refractivity contribution < 1.29 is 4.79 Å². The maximum Gasteiger partial charge on any atom is 0.227 e. The standard InChI is InChI=1S/C12H17BrN2OS.ClH/c1-15(7-9-5-11(13)17-8-9)12(16)10-3-2-4-14-6-10;/h5,8,10,14H,2-4,6-7H2,1H3;1H. The molecule has 2 heterocycles. The van der Waals surface area contributed by atoms with Gasteiger partial charge in [0, 0.05) is 20.1 Å². The summed E-state index contributed by atoms with van der Waals surface area (Å²) >= 11 is 5.10. The van der Waals surface area contributed by atoms with Gasteiger partial charge in [-0.3, -0.25) is 4.79 Å². The number of carbonyl (C=O) groups is 1. The van der Waals surface area contributed by atoms with Gasteiger partial charge < -0.3 is 10.2 Å². The fourth-order valence-corrected chi connectivity index (χ4v) is 3.36. The molecule has 2 rings (SSSR count). The summed E-state index contributed by atoms with van der Waals surface area (Å²) in [5.41, 5.74) is 1.20. The number of carbonyl (C=O) groups excluding carboxylic acids is 1. The van der Waals surface area contributed by atoms with Gasteiger partial charge in [0.25, 0.3) is 0 Å². The molecule has 6 heteroatoms. The summed E-state index contributed by atoms with van der Waals surface area (Å²) in [6, 6.07) is 2.08. The van der Waals surface area contributed by atoms with E-state index in [0.29, 0.717) is 6.54 Å². The average Bonchev–Trinajstić information content (AvgIpc) is 2.75. The van der Waals surface area contributed by atoms with Crippen molar-refractivity contribution in [1.29, 1.82) is 0 Å². The quantitative estimate of drug-likeness (QED) is 0.906. The normalized spacial score (nSPS) is 19.1. The van der Waals surface area contributed by atoms with Crippen LogP contribution < -0.4 is 5.32 Å². The van der Waals surface area contributed by atoms with Crippen molar-refractivity contribution in [3.8, 4) is 0 Å². The van der Waals surface area contributed by atoms with Crippen LogP contribution in [0.2, 0.25) is 0 Å². The molecule has 0 saturated carbocycles. The molecule has 1 aromatic rings. The van der Waals surface area contributed by atoms with Crippen molar-refractivity contribution in [2.24, 2.45) is 5.92 Å². The topological polar surface area (TPSA) is 32.3 Å². The van der Waals surface area contributed by atoms with E-state index in [1.165, 1.54) is 5.56 Å².